The molecule has 0 bridgehead atoms. The molecule has 1 fully saturated rings. The summed E-state index contributed by atoms with van der Waals surface area (Å²) < 4.78 is 5.74. The SMILES string of the molecule is Cc1ncsc1CCOc1cc(N2CCCC2)ncn1. The van der Waals surface area contributed by atoms with Crippen molar-refractivity contribution in [2.45, 2.75) is 26.2 Å². The molecule has 3 heterocycles. The van der Waals surface area contributed by atoms with Gasteiger partial charge in [0, 0.05) is 30.5 Å². The zero-order valence-electron chi connectivity index (χ0n) is 11.6. The van der Waals surface area contributed by atoms with Crippen LogP contribution in [0.1, 0.15) is 23.4 Å². The van der Waals surface area contributed by atoms with Gasteiger partial charge in [0.15, 0.2) is 0 Å². The van der Waals surface area contributed by atoms with E-state index < -0.39 is 0 Å². The van der Waals surface area contributed by atoms with Crippen molar-refractivity contribution in [2.24, 2.45) is 0 Å². The van der Waals surface area contributed by atoms with Crippen LogP contribution in [0.25, 0.3) is 0 Å². The fourth-order valence-electron chi connectivity index (χ4n) is 2.34. The molecule has 0 unspecified atom stereocenters. The Kier molecular flexibility index (Phi) is 4.11. The molecular weight excluding hydrogens is 272 g/mol. The number of hydrogen-bond acceptors (Lipinski definition) is 6. The zero-order valence-corrected chi connectivity index (χ0v) is 12.4. The van der Waals surface area contributed by atoms with E-state index in [9.17, 15) is 0 Å². The quantitative estimate of drug-likeness (QED) is 0.846. The van der Waals surface area contributed by atoms with Crippen molar-refractivity contribution in [1.29, 1.82) is 0 Å². The second-order valence-electron chi connectivity index (χ2n) is 4.87. The molecule has 0 saturated carbocycles. The van der Waals surface area contributed by atoms with E-state index in [1.165, 1.54) is 17.7 Å². The third-order valence-electron chi connectivity index (χ3n) is 3.48. The molecular formula is C14H18N4OS. The maximum absolute atomic E-state index is 5.74. The number of aryl methyl sites for hydroxylation is 1. The monoisotopic (exact) mass is 290 g/mol. The minimum absolute atomic E-state index is 0.624. The Morgan fingerprint density at radius 3 is 2.85 bits per heavy atom. The average molecular weight is 290 g/mol. The fraction of sp³-hybridized carbons (Fsp3) is 0.500. The summed E-state index contributed by atoms with van der Waals surface area (Å²) in [7, 11) is 0. The van der Waals surface area contributed by atoms with Crippen LogP contribution in [0.5, 0.6) is 5.88 Å². The lowest BCUT2D eigenvalue weighted by Crippen LogP contribution is -2.19. The van der Waals surface area contributed by atoms with Crippen LogP contribution >= 0.6 is 11.3 Å². The van der Waals surface area contributed by atoms with Crippen LogP contribution in [0.15, 0.2) is 17.9 Å². The first kappa shape index (κ1) is 13.3. The van der Waals surface area contributed by atoms with Gasteiger partial charge >= 0.3 is 0 Å². The molecule has 0 aromatic carbocycles. The number of thiazole rings is 1. The molecule has 0 spiro atoms. The van der Waals surface area contributed by atoms with Crippen molar-refractivity contribution >= 4 is 17.2 Å². The number of nitrogens with zero attached hydrogens (tertiary/aromatic N) is 4. The van der Waals surface area contributed by atoms with Crippen LogP contribution in [-0.4, -0.2) is 34.6 Å². The Balaban J connectivity index is 1.57. The van der Waals surface area contributed by atoms with E-state index in [-0.39, 0.29) is 0 Å². The molecule has 0 aliphatic carbocycles. The standard InChI is InChI=1S/C14H18N4OS/c1-11-12(20-10-17-11)4-7-19-14-8-13(15-9-16-14)18-5-2-3-6-18/h8-10H,2-7H2,1H3. The predicted octanol–water partition coefficient (Wildman–Crippen LogP) is 2.46. The van der Waals surface area contributed by atoms with Gasteiger partial charge in [0.25, 0.3) is 0 Å². The molecule has 6 heteroatoms. The van der Waals surface area contributed by atoms with Gasteiger partial charge < -0.3 is 9.64 Å². The van der Waals surface area contributed by atoms with Gasteiger partial charge in [-0.15, -0.1) is 11.3 Å². The summed E-state index contributed by atoms with van der Waals surface area (Å²) in [6, 6.07) is 1.94. The summed E-state index contributed by atoms with van der Waals surface area (Å²) in [6.45, 7) is 4.81. The molecule has 0 radical (unpaired) electrons. The van der Waals surface area contributed by atoms with Gasteiger partial charge in [-0.2, -0.15) is 0 Å². The van der Waals surface area contributed by atoms with Gasteiger partial charge in [-0.1, -0.05) is 0 Å². The molecule has 0 amide bonds. The first-order chi connectivity index (χ1) is 9.83. The molecule has 2 aromatic rings. The van der Waals surface area contributed by atoms with Crippen molar-refractivity contribution in [1.82, 2.24) is 15.0 Å². The highest BCUT2D eigenvalue weighted by molar-refractivity contribution is 7.09. The smallest absolute Gasteiger partial charge is 0.218 e. The maximum Gasteiger partial charge on any atom is 0.218 e. The van der Waals surface area contributed by atoms with E-state index in [2.05, 4.69) is 19.9 Å². The van der Waals surface area contributed by atoms with Crippen LogP contribution in [0.3, 0.4) is 0 Å². The van der Waals surface area contributed by atoms with E-state index >= 15 is 0 Å². The lowest BCUT2D eigenvalue weighted by atomic mass is 10.3. The van der Waals surface area contributed by atoms with Crippen LogP contribution in [0.2, 0.25) is 0 Å². The van der Waals surface area contributed by atoms with E-state index in [1.807, 2.05) is 18.5 Å². The molecule has 20 heavy (non-hydrogen) atoms. The second-order valence-corrected chi connectivity index (χ2v) is 5.81. The number of hydrogen-bond donors (Lipinski definition) is 0. The Labute approximate surface area is 122 Å². The van der Waals surface area contributed by atoms with Gasteiger partial charge in [0.05, 0.1) is 17.8 Å². The largest absolute Gasteiger partial charge is 0.477 e. The van der Waals surface area contributed by atoms with Crippen molar-refractivity contribution in [3.05, 3.63) is 28.5 Å². The summed E-state index contributed by atoms with van der Waals surface area (Å²) in [6.07, 6.45) is 4.94. The summed E-state index contributed by atoms with van der Waals surface area (Å²) >= 11 is 1.68. The zero-order chi connectivity index (χ0) is 13.8. The number of ether oxygens (including phenoxy) is 1. The van der Waals surface area contributed by atoms with Crippen molar-refractivity contribution in [3.63, 3.8) is 0 Å². The van der Waals surface area contributed by atoms with Gasteiger partial charge in [-0.05, 0) is 19.8 Å². The van der Waals surface area contributed by atoms with Crippen LogP contribution in [0.4, 0.5) is 5.82 Å². The summed E-state index contributed by atoms with van der Waals surface area (Å²) in [5.74, 6) is 1.63. The molecule has 1 aliphatic rings. The molecule has 0 N–H and O–H groups in total. The topological polar surface area (TPSA) is 51.1 Å². The number of rotatable bonds is 5. The minimum Gasteiger partial charge on any atom is -0.477 e. The van der Waals surface area contributed by atoms with Crippen molar-refractivity contribution in [3.8, 4) is 5.88 Å². The Morgan fingerprint density at radius 2 is 2.10 bits per heavy atom. The maximum atomic E-state index is 5.74. The highest BCUT2D eigenvalue weighted by Gasteiger charge is 2.14. The highest BCUT2D eigenvalue weighted by Crippen LogP contribution is 2.20. The molecule has 1 saturated heterocycles. The van der Waals surface area contributed by atoms with Crippen LogP contribution in [0, 0.1) is 6.92 Å². The second kappa shape index (κ2) is 6.17. The van der Waals surface area contributed by atoms with E-state index in [4.69, 9.17) is 4.74 Å². The molecule has 5 nitrogen and oxygen atoms in total. The summed E-state index contributed by atoms with van der Waals surface area (Å²) in [4.78, 5) is 16.3. The molecule has 1 aliphatic heterocycles. The number of aromatic nitrogens is 3. The van der Waals surface area contributed by atoms with Gasteiger partial charge in [-0.25, -0.2) is 15.0 Å². The Bertz CT molecular complexity index is 566. The minimum atomic E-state index is 0.624. The number of anilines is 1. The highest BCUT2D eigenvalue weighted by atomic mass is 32.1. The van der Waals surface area contributed by atoms with E-state index in [1.54, 1.807) is 17.7 Å². The summed E-state index contributed by atoms with van der Waals surface area (Å²) in [5, 5.41) is 0. The first-order valence-corrected chi connectivity index (χ1v) is 7.79. The third kappa shape index (κ3) is 3.07. The first-order valence-electron chi connectivity index (χ1n) is 6.92. The molecule has 106 valence electrons. The van der Waals surface area contributed by atoms with Crippen molar-refractivity contribution in [2.75, 3.05) is 24.6 Å². The van der Waals surface area contributed by atoms with E-state index in [0.29, 0.717) is 12.5 Å². The fourth-order valence-corrected chi connectivity index (χ4v) is 3.10. The van der Waals surface area contributed by atoms with Gasteiger partial charge in [-0.3, -0.25) is 0 Å². The van der Waals surface area contributed by atoms with Gasteiger partial charge in [0.1, 0.15) is 12.1 Å². The lowest BCUT2D eigenvalue weighted by molar-refractivity contribution is 0.309. The molecule has 0 atom stereocenters. The Hall–Kier alpha value is -1.69. The summed E-state index contributed by atoms with van der Waals surface area (Å²) in [5.41, 5.74) is 2.97. The Morgan fingerprint density at radius 1 is 1.25 bits per heavy atom. The van der Waals surface area contributed by atoms with E-state index in [0.717, 1.165) is 31.0 Å². The van der Waals surface area contributed by atoms with Gasteiger partial charge in [0.2, 0.25) is 5.88 Å². The predicted molar refractivity (Wildman–Crippen MR) is 79.5 cm³/mol. The van der Waals surface area contributed by atoms with Crippen LogP contribution < -0.4 is 9.64 Å². The lowest BCUT2D eigenvalue weighted by Gasteiger charge is -2.16. The normalized spacial score (nSPS) is 14.8. The molecule has 3 rings (SSSR count). The van der Waals surface area contributed by atoms with Crippen LogP contribution in [-0.2, 0) is 6.42 Å². The van der Waals surface area contributed by atoms with Crippen molar-refractivity contribution < 1.29 is 4.74 Å². The average Bonchev–Trinajstić information content (AvgIpc) is 3.12. The molecule has 2 aromatic heterocycles. The third-order valence-corrected chi connectivity index (χ3v) is 4.48.